The van der Waals surface area contributed by atoms with Crippen molar-refractivity contribution in [2.24, 2.45) is 0 Å². The standard InChI is InChI=1S/C10H12O12/c11-3(12)1-10(21,9(19)20)2-4(13)22-6(8(17)18)5(14)7(15)16/h5-6,14,21H,1-2H2,(H,11,12)(H,15,16)(H,17,18)(H,19,20)/t5-,6-,10?/m1/s1. The summed E-state index contributed by atoms with van der Waals surface area (Å²) in [5.41, 5.74) is -3.08. The highest BCUT2D eigenvalue weighted by molar-refractivity contribution is 5.90. The van der Waals surface area contributed by atoms with Gasteiger partial charge in [-0.1, -0.05) is 0 Å². The Hall–Kier alpha value is -2.73. The van der Waals surface area contributed by atoms with Crippen LogP contribution in [0.25, 0.3) is 0 Å². The summed E-state index contributed by atoms with van der Waals surface area (Å²) in [4.78, 5) is 53.7. The van der Waals surface area contributed by atoms with E-state index in [0.717, 1.165) is 0 Å². The predicted octanol–water partition coefficient (Wildman–Crippen LogP) is -2.89. The van der Waals surface area contributed by atoms with E-state index in [1.807, 2.05) is 0 Å². The quantitative estimate of drug-likeness (QED) is 0.235. The molecule has 6 N–H and O–H groups in total. The van der Waals surface area contributed by atoms with Crippen molar-refractivity contribution in [3.63, 3.8) is 0 Å². The second-order valence-corrected chi connectivity index (χ2v) is 4.12. The van der Waals surface area contributed by atoms with Crippen molar-refractivity contribution in [1.82, 2.24) is 0 Å². The number of carboxylic acids is 4. The first-order chi connectivity index (χ1) is 9.90. The lowest BCUT2D eigenvalue weighted by molar-refractivity contribution is -0.184. The number of hydrogen-bond donors (Lipinski definition) is 6. The molecule has 12 heteroatoms. The van der Waals surface area contributed by atoms with Gasteiger partial charge in [-0.15, -0.1) is 0 Å². The van der Waals surface area contributed by atoms with Gasteiger partial charge >= 0.3 is 29.8 Å². The maximum absolute atomic E-state index is 11.4. The highest BCUT2D eigenvalue weighted by atomic mass is 16.6. The molecule has 0 amide bonds. The van der Waals surface area contributed by atoms with Gasteiger partial charge in [0.05, 0.1) is 12.8 Å². The van der Waals surface area contributed by atoms with Crippen molar-refractivity contribution in [2.45, 2.75) is 30.7 Å². The van der Waals surface area contributed by atoms with Crippen molar-refractivity contribution in [3.8, 4) is 0 Å². The molecule has 22 heavy (non-hydrogen) atoms. The number of aliphatic hydroxyl groups excluding tert-OH is 1. The van der Waals surface area contributed by atoms with Gasteiger partial charge in [-0.25, -0.2) is 14.4 Å². The van der Waals surface area contributed by atoms with Gasteiger partial charge in [0.15, 0.2) is 11.7 Å². The molecule has 0 heterocycles. The van der Waals surface area contributed by atoms with E-state index in [4.69, 9.17) is 25.5 Å². The van der Waals surface area contributed by atoms with E-state index in [0.29, 0.717) is 0 Å². The fraction of sp³-hybridized carbons (Fsp3) is 0.500. The molecule has 3 atom stereocenters. The van der Waals surface area contributed by atoms with E-state index in [9.17, 15) is 29.1 Å². The smallest absolute Gasteiger partial charge is 0.348 e. The number of carbonyl (C=O) groups excluding carboxylic acids is 1. The molecule has 0 radical (unpaired) electrons. The fourth-order valence-electron chi connectivity index (χ4n) is 1.27. The SMILES string of the molecule is O=C(O)CC(O)(CC(=O)O[C@@H](C(=O)O)[C@@H](O)C(=O)O)C(=O)O. The zero-order chi connectivity index (χ0) is 17.7. The second kappa shape index (κ2) is 7.33. The van der Waals surface area contributed by atoms with Crippen LogP contribution in [0.1, 0.15) is 12.8 Å². The molecule has 0 aromatic carbocycles. The van der Waals surface area contributed by atoms with Crippen molar-refractivity contribution in [1.29, 1.82) is 0 Å². The van der Waals surface area contributed by atoms with Gasteiger partial charge < -0.3 is 35.4 Å². The molecule has 0 rings (SSSR count). The summed E-state index contributed by atoms with van der Waals surface area (Å²) in [5, 5.41) is 52.7. The molecule has 0 saturated carbocycles. The Morgan fingerprint density at radius 3 is 1.73 bits per heavy atom. The summed E-state index contributed by atoms with van der Waals surface area (Å²) in [5.74, 6) is -9.64. The fourth-order valence-corrected chi connectivity index (χ4v) is 1.27. The number of hydrogen-bond acceptors (Lipinski definition) is 8. The minimum atomic E-state index is -3.08. The molecule has 1 unspecified atom stereocenters. The number of ether oxygens (including phenoxy) is 1. The third-order valence-corrected chi connectivity index (χ3v) is 2.32. The Kier molecular flexibility index (Phi) is 6.42. The topological polar surface area (TPSA) is 216 Å². The van der Waals surface area contributed by atoms with E-state index in [1.165, 1.54) is 0 Å². The number of esters is 1. The molecule has 0 bridgehead atoms. The van der Waals surface area contributed by atoms with Crippen LogP contribution < -0.4 is 0 Å². The average molecular weight is 324 g/mol. The van der Waals surface area contributed by atoms with E-state index < -0.39 is 60.5 Å². The highest BCUT2D eigenvalue weighted by Crippen LogP contribution is 2.18. The monoisotopic (exact) mass is 324 g/mol. The average Bonchev–Trinajstić information content (AvgIpc) is 2.33. The zero-order valence-corrected chi connectivity index (χ0v) is 10.7. The third kappa shape index (κ3) is 5.34. The summed E-state index contributed by atoms with van der Waals surface area (Å²) in [6.45, 7) is 0. The molecule has 0 aliphatic heterocycles. The Labute approximate surface area is 121 Å². The molecule has 0 aromatic rings. The lowest BCUT2D eigenvalue weighted by Crippen LogP contribution is -2.46. The molecule has 0 aliphatic carbocycles. The van der Waals surface area contributed by atoms with Crippen LogP contribution in [0.5, 0.6) is 0 Å². The molecule has 0 fully saturated rings. The Morgan fingerprint density at radius 1 is 0.909 bits per heavy atom. The Bertz CT molecular complexity index is 496. The van der Waals surface area contributed by atoms with Crippen molar-refractivity contribution in [3.05, 3.63) is 0 Å². The highest BCUT2D eigenvalue weighted by Gasteiger charge is 2.43. The van der Waals surface area contributed by atoms with Gasteiger partial charge in [-0.05, 0) is 0 Å². The van der Waals surface area contributed by atoms with Crippen molar-refractivity contribution < 1.29 is 59.3 Å². The number of aliphatic hydroxyl groups is 2. The van der Waals surface area contributed by atoms with E-state index in [1.54, 1.807) is 0 Å². The molecular formula is C10H12O12. The van der Waals surface area contributed by atoms with Crippen LogP contribution in [0, 0.1) is 0 Å². The van der Waals surface area contributed by atoms with Gasteiger partial charge in [0, 0.05) is 0 Å². The van der Waals surface area contributed by atoms with Crippen LogP contribution in [-0.4, -0.2) is 78.3 Å². The molecule has 0 aromatic heterocycles. The maximum Gasteiger partial charge on any atom is 0.348 e. The van der Waals surface area contributed by atoms with Crippen molar-refractivity contribution in [2.75, 3.05) is 0 Å². The Balaban J connectivity index is 5.09. The van der Waals surface area contributed by atoms with Crippen LogP contribution in [0.15, 0.2) is 0 Å². The van der Waals surface area contributed by atoms with Crippen molar-refractivity contribution >= 4 is 29.8 Å². The summed E-state index contributed by atoms with van der Waals surface area (Å²) >= 11 is 0. The molecule has 0 aliphatic rings. The minimum absolute atomic E-state index is 1.39. The maximum atomic E-state index is 11.4. The van der Waals surface area contributed by atoms with Crippen LogP contribution in [0.3, 0.4) is 0 Å². The second-order valence-electron chi connectivity index (χ2n) is 4.12. The number of carbonyl (C=O) groups is 5. The lowest BCUT2D eigenvalue weighted by atomic mass is 9.96. The van der Waals surface area contributed by atoms with Gasteiger partial charge in [-0.2, -0.15) is 0 Å². The first kappa shape index (κ1) is 19.3. The summed E-state index contributed by atoms with van der Waals surface area (Å²) in [6.07, 6.45) is -8.06. The van der Waals surface area contributed by atoms with Crippen LogP contribution >= 0.6 is 0 Å². The summed E-state index contributed by atoms with van der Waals surface area (Å²) in [6, 6.07) is 0. The first-order valence-electron chi connectivity index (χ1n) is 5.41. The normalized spacial score (nSPS) is 15.9. The third-order valence-electron chi connectivity index (χ3n) is 2.32. The van der Waals surface area contributed by atoms with Gasteiger partial charge in [-0.3, -0.25) is 9.59 Å². The van der Waals surface area contributed by atoms with Crippen LogP contribution in [-0.2, 0) is 28.7 Å². The van der Waals surface area contributed by atoms with E-state index >= 15 is 0 Å². The number of rotatable bonds is 9. The minimum Gasteiger partial charge on any atom is -0.481 e. The summed E-state index contributed by atoms with van der Waals surface area (Å²) in [7, 11) is 0. The molecule has 12 nitrogen and oxygen atoms in total. The molecule has 124 valence electrons. The largest absolute Gasteiger partial charge is 0.481 e. The number of carboxylic acid groups (broad SMARTS) is 4. The molecule has 0 spiro atoms. The molecule has 0 saturated heterocycles. The molecular weight excluding hydrogens is 312 g/mol. The van der Waals surface area contributed by atoms with Crippen LogP contribution in [0.4, 0.5) is 0 Å². The Morgan fingerprint density at radius 2 is 1.41 bits per heavy atom. The first-order valence-corrected chi connectivity index (χ1v) is 5.41. The predicted molar refractivity (Wildman–Crippen MR) is 60.6 cm³/mol. The summed E-state index contributed by atoms with van der Waals surface area (Å²) < 4.78 is 4.08. The van der Waals surface area contributed by atoms with Crippen LogP contribution in [0.2, 0.25) is 0 Å². The zero-order valence-electron chi connectivity index (χ0n) is 10.7. The number of aliphatic carboxylic acids is 4. The van der Waals surface area contributed by atoms with Gasteiger partial charge in [0.1, 0.15) is 0 Å². The van der Waals surface area contributed by atoms with E-state index in [2.05, 4.69) is 4.74 Å². The van der Waals surface area contributed by atoms with Gasteiger partial charge in [0.25, 0.3) is 0 Å². The lowest BCUT2D eigenvalue weighted by Gasteiger charge is -2.22. The van der Waals surface area contributed by atoms with Gasteiger partial charge in [0.2, 0.25) is 6.10 Å². The van der Waals surface area contributed by atoms with E-state index in [-0.39, 0.29) is 0 Å².